The van der Waals surface area contributed by atoms with Crippen molar-refractivity contribution in [2.45, 2.75) is 26.3 Å². The Balaban J connectivity index is 2.11. The SMILES string of the molecule is CC(C)c1ncc(N)c(C(=O)NCc2ccccc2)n1. The fourth-order valence-electron chi connectivity index (χ4n) is 1.73. The van der Waals surface area contributed by atoms with Crippen molar-refractivity contribution in [3.8, 4) is 0 Å². The lowest BCUT2D eigenvalue weighted by molar-refractivity contribution is 0.0946. The van der Waals surface area contributed by atoms with Crippen LogP contribution in [-0.2, 0) is 6.54 Å². The van der Waals surface area contributed by atoms with Crippen LogP contribution in [0.5, 0.6) is 0 Å². The summed E-state index contributed by atoms with van der Waals surface area (Å²) >= 11 is 0. The number of nitrogens with two attached hydrogens (primary N) is 1. The first-order chi connectivity index (χ1) is 9.58. The molecule has 1 aromatic carbocycles. The Hall–Kier alpha value is -2.43. The van der Waals surface area contributed by atoms with Gasteiger partial charge in [-0.25, -0.2) is 9.97 Å². The summed E-state index contributed by atoms with van der Waals surface area (Å²) in [6, 6.07) is 9.68. The van der Waals surface area contributed by atoms with Crippen molar-refractivity contribution in [1.82, 2.24) is 15.3 Å². The molecule has 0 unspecified atom stereocenters. The summed E-state index contributed by atoms with van der Waals surface area (Å²) in [5.41, 5.74) is 7.33. The number of nitrogen functional groups attached to an aromatic ring is 1. The molecule has 3 N–H and O–H groups in total. The number of nitrogens with zero attached hydrogens (tertiary/aromatic N) is 2. The molecule has 0 bridgehead atoms. The van der Waals surface area contributed by atoms with Crippen molar-refractivity contribution >= 4 is 11.6 Å². The van der Waals surface area contributed by atoms with Gasteiger partial charge in [-0.15, -0.1) is 0 Å². The number of aromatic nitrogens is 2. The molecule has 0 saturated heterocycles. The Morgan fingerprint density at radius 1 is 1.30 bits per heavy atom. The Bertz CT molecular complexity index is 596. The quantitative estimate of drug-likeness (QED) is 0.891. The number of benzene rings is 1. The molecule has 5 nitrogen and oxygen atoms in total. The van der Waals surface area contributed by atoms with Crippen molar-refractivity contribution < 1.29 is 4.79 Å². The van der Waals surface area contributed by atoms with Crippen LogP contribution in [0.25, 0.3) is 0 Å². The van der Waals surface area contributed by atoms with Crippen molar-refractivity contribution in [3.63, 3.8) is 0 Å². The minimum absolute atomic E-state index is 0.149. The number of rotatable bonds is 4. The van der Waals surface area contributed by atoms with Gasteiger partial charge in [-0.2, -0.15) is 0 Å². The van der Waals surface area contributed by atoms with Crippen LogP contribution in [0.15, 0.2) is 36.5 Å². The van der Waals surface area contributed by atoms with E-state index in [1.54, 1.807) is 0 Å². The Morgan fingerprint density at radius 3 is 2.65 bits per heavy atom. The highest BCUT2D eigenvalue weighted by atomic mass is 16.1. The Kier molecular flexibility index (Phi) is 4.30. The van der Waals surface area contributed by atoms with Gasteiger partial charge < -0.3 is 11.1 Å². The van der Waals surface area contributed by atoms with Gasteiger partial charge in [-0.3, -0.25) is 4.79 Å². The predicted molar refractivity (Wildman–Crippen MR) is 78.1 cm³/mol. The molecule has 0 aliphatic heterocycles. The van der Waals surface area contributed by atoms with Gasteiger partial charge in [-0.1, -0.05) is 44.2 Å². The van der Waals surface area contributed by atoms with E-state index in [0.29, 0.717) is 18.1 Å². The Labute approximate surface area is 118 Å². The number of nitrogens with one attached hydrogen (secondary N) is 1. The lowest BCUT2D eigenvalue weighted by Gasteiger charge is -2.09. The topological polar surface area (TPSA) is 80.9 Å². The van der Waals surface area contributed by atoms with E-state index in [1.807, 2.05) is 44.2 Å². The summed E-state index contributed by atoms with van der Waals surface area (Å²) in [5.74, 6) is 0.482. The zero-order valence-corrected chi connectivity index (χ0v) is 11.6. The summed E-state index contributed by atoms with van der Waals surface area (Å²) in [4.78, 5) is 20.5. The van der Waals surface area contributed by atoms with Gasteiger partial charge in [0, 0.05) is 12.5 Å². The lowest BCUT2D eigenvalue weighted by atomic mass is 10.2. The molecule has 2 rings (SSSR count). The van der Waals surface area contributed by atoms with Crippen LogP contribution in [-0.4, -0.2) is 15.9 Å². The maximum Gasteiger partial charge on any atom is 0.272 e. The third-order valence-corrected chi connectivity index (χ3v) is 2.86. The van der Waals surface area contributed by atoms with Crippen LogP contribution in [0.2, 0.25) is 0 Å². The first-order valence-corrected chi connectivity index (χ1v) is 6.52. The van der Waals surface area contributed by atoms with Crippen molar-refractivity contribution in [2.75, 3.05) is 5.73 Å². The number of anilines is 1. The molecular formula is C15H18N4O. The third-order valence-electron chi connectivity index (χ3n) is 2.86. The number of carbonyl (C=O) groups is 1. The molecule has 1 amide bonds. The van der Waals surface area contributed by atoms with Crippen LogP contribution in [0, 0.1) is 0 Å². The van der Waals surface area contributed by atoms with E-state index in [0.717, 1.165) is 5.56 Å². The average Bonchev–Trinajstić information content (AvgIpc) is 2.46. The molecule has 1 aromatic heterocycles. The molecule has 0 atom stereocenters. The van der Waals surface area contributed by atoms with Gasteiger partial charge in [0.2, 0.25) is 0 Å². The second-order valence-corrected chi connectivity index (χ2v) is 4.86. The molecule has 1 heterocycles. The van der Waals surface area contributed by atoms with Crippen LogP contribution >= 0.6 is 0 Å². The average molecular weight is 270 g/mol. The molecule has 0 spiro atoms. The van der Waals surface area contributed by atoms with Crippen molar-refractivity contribution in [2.24, 2.45) is 0 Å². The zero-order valence-electron chi connectivity index (χ0n) is 11.6. The molecule has 0 saturated carbocycles. The highest BCUT2D eigenvalue weighted by Crippen LogP contribution is 2.13. The normalized spacial score (nSPS) is 10.6. The van der Waals surface area contributed by atoms with E-state index in [9.17, 15) is 4.79 Å². The largest absolute Gasteiger partial charge is 0.396 e. The van der Waals surface area contributed by atoms with Crippen LogP contribution in [0.4, 0.5) is 5.69 Å². The van der Waals surface area contributed by atoms with Gasteiger partial charge in [0.25, 0.3) is 5.91 Å². The van der Waals surface area contributed by atoms with E-state index in [2.05, 4.69) is 15.3 Å². The number of hydrogen-bond acceptors (Lipinski definition) is 4. The smallest absolute Gasteiger partial charge is 0.272 e. The third kappa shape index (κ3) is 3.32. The van der Waals surface area contributed by atoms with Gasteiger partial charge in [0.05, 0.1) is 11.9 Å². The summed E-state index contributed by atoms with van der Waals surface area (Å²) < 4.78 is 0. The molecule has 0 aliphatic carbocycles. The first kappa shape index (κ1) is 14.0. The van der Waals surface area contributed by atoms with E-state index >= 15 is 0 Å². The highest BCUT2D eigenvalue weighted by Gasteiger charge is 2.14. The second-order valence-electron chi connectivity index (χ2n) is 4.86. The van der Waals surface area contributed by atoms with Gasteiger partial charge in [-0.05, 0) is 5.56 Å². The predicted octanol–water partition coefficient (Wildman–Crippen LogP) is 2.11. The summed E-state index contributed by atoms with van der Waals surface area (Å²) in [7, 11) is 0. The van der Waals surface area contributed by atoms with Crippen LogP contribution in [0.3, 0.4) is 0 Å². The summed E-state index contributed by atoms with van der Waals surface area (Å²) in [6.45, 7) is 4.38. The fourth-order valence-corrected chi connectivity index (χ4v) is 1.73. The van der Waals surface area contributed by atoms with E-state index < -0.39 is 0 Å². The molecule has 20 heavy (non-hydrogen) atoms. The van der Waals surface area contributed by atoms with Crippen molar-refractivity contribution in [3.05, 3.63) is 53.6 Å². The second kappa shape index (κ2) is 6.14. The molecule has 0 fully saturated rings. The van der Waals surface area contributed by atoms with Crippen molar-refractivity contribution in [1.29, 1.82) is 0 Å². The van der Waals surface area contributed by atoms with Gasteiger partial charge in [0.1, 0.15) is 5.82 Å². The molecule has 0 aliphatic rings. The van der Waals surface area contributed by atoms with E-state index in [1.165, 1.54) is 6.20 Å². The Morgan fingerprint density at radius 2 is 2.00 bits per heavy atom. The number of hydrogen-bond donors (Lipinski definition) is 2. The highest BCUT2D eigenvalue weighted by molar-refractivity contribution is 5.96. The monoisotopic (exact) mass is 270 g/mol. The summed E-state index contributed by atoms with van der Waals surface area (Å²) in [6.07, 6.45) is 1.49. The minimum Gasteiger partial charge on any atom is -0.396 e. The summed E-state index contributed by atoms with van der Waals surface area (Å²) in [5, 5.41) is 2.81. The maximum absolute atomic E-state index is 12.1. The maximum atomic E-state index is 12.1. The zero-order chi connectivity index (χ0) is 14.5. The molecule has 5 heteroatoms. The van der Waals surface area contributed by atoms with E-state index in [4.69, 9.17) is 5.73 Å². The molecule has 0 radical (unpaired) electrons. The van der Waals surface area contributed by atoms with Gasteiger partial charge >= 0.3 is 0 Å². The molecule has 104 valence electrons. The first-order valence-electron chi connectivity index (χ1n) is 6.52. The number of carbonyl (C=O) groups excluding carboxylic acids is 1. The van der Waals surface area contributed by atoms with Crippen LogP contribution in [0.1, 0.15) is 41.6 Å². The van der Waals surface area contributed by atoms with E-state index in [-0.39, 0.29) is 17.5 Å². The van der Waals surface area contributed by atoms with Crippen LogP contribution < -0.4 is 11.1 Å². The standard InChI is InChI=1S/C15H18N4O/c1-10(2)14-17-9-12(16)13(19-14)15(20)18-8-11-6-4-3-5-7-11/h3-7,9-10H,8,16H2,1-2H3,(H,18,20). The molecule has 2 aromatic rings. The lowest BCUT2D eigenvalue weighted by Crippen LogP contribution is -2.25. The van der Waals surface area contributed by atoms with Gasteiger partial charge in [0.15, 0.2) is 5.69 Å². The minimum atomic E-state index is -0.282. The fraction of sp³-hybridized carbons (Fsp3) is 0.267. The number of amides is 1. The molecular weight excluding hydrogens is 252 g/mol.